The van der Waals surface area contributed by atoms with Crippen molar-refractivity contribution in [3.63, 3.8) is 0 Å². The number of nitrogens with zero attached hydrogens (tertiary/aromatic N) is 5. The molecule has 2 heterocycles. The molecule has 10 nitrogen and oxygen atoms in total. The van der Waals surface area contributed by atoms with Gasteiger partial charge in [0.25, 0.3) is 15.8 Å². The first-order valence-corrected chi connectivity index (χ1v) is 10.2. The van der Waals surface area contributed by atoms with Gasteiger partial charge in [0.15, 0.2) is 11.5 Å². The first-order chi connectivity index (χ1) is 13.3. The van der Waals surface area contributed by atoms with Crippen LogP contribution in [0.3, 0.4) is 0 Å². The van der Waals surface area contributed by atoms with Gasteiger partial charge < -0.3 is 9.47 Å². The quantitative estimate of drug-likeness (QED) is 0.649. The van der Waals surface area contributed by atoms with Gasteiger partial charge in [0.1, 0.15) is 0 Å². The van der Waals surface area contributed by atoms with Gasteiger partial charge in [-0.05, 0) is 12.1 Å². The minimum absolute atomic E-state index is 0.269. The number of ether oxygens (including phenoxy) is 2. The molecule has 3 rings (SSSR count). The summed E-state index contributed by atoms with van der Waals surface area (Å²) >= 11 is 0. The lowest BCUT2D eigenvalue weighted by atomic mass is 10.1. The first kappa shape index (κ1) is 20.5. The summed E-state index contributed by atoms with van der Waals surface area (Å²) in [5, 5.41) is 5.33. The Morgan fingerprint density at radius 1 is 1.11 bits per heavy atom. The van der Waals surface area contributed by atoms with Gasteiger partial charge in [0, 0.05) is 45.7 Å². The minimum atomic E-state index is -3.42. The average Bonchev–Trinajstić information content (AvgIpc) is 2.69. The highest BCUT2D eigenvalue weighted by atomic mass is 32.2. The zero-order chi connectivity index (χ0) is 20.5. The van der Waals surface area contributed by atoms with Crippen LogP contribution in [0.5, 0.6) is 11.5 Å². The highest BCUT2D eigenvalue weighted by Crippen LogP contribution is 2.32. The number of fused-ring (bicyclic) bond motifs is 1. The van der Waals surface area contributed by atoms with E-state index < -0.39 is 10.2 Å². The van der Waals surface area contributed by atoms with Crippen LogP contribution in [0.15, 0.2) is 23.1 Å². The topological polar surface area (TPSA) is 97.2 Å². The van der Waals surface area contributed by atoms with Crippen LogP contribution in [0.1, 0.15) is 0 Å². The zero-order valence-corrected chi connectivity index (χ0v) is 17.3. The molecule has 154 valence electrons. The maximum atomic E-state index is 13.0. The molecule has 28 heavy (non-hydrogen) atoms. The summed E-state index contributed by atoms with van der Waals surface area (Å²) in [6.07, 6.45) is 1.62. The summed E-state index contributed by atoms with van der Waals surface area (Å²) in [5.74, 6) is 0.857. The molecule has 0 saturated carbocycles. The Morgan fingerprint density at radius 3 is 2.36 bits per heavy atom. The van der Waals surface area contributed by atoms with Crippen LogP contribution in [-0.4, -0.2) is 86.2 Å². The highest BCUT2D eigenvalue weighted by molar-refractivity contribution is 7.86. The number of aromatic nitrogens is 2. The molecule has 1 aromatic carbocycles. The fourth-order valence-electron chi connectivity index (χ4n) is 3.21. The first-order valence-electron chi connectivity index (χ1n) is 8.80. The van der Waals surface area contributed by atoms with E-state index in [1.807, 2.05) is 4.90 Å². The Morgan fingerprint density at radius 2 is 1.79 bits per heavy atom. The third-order valence-electron chi connectivity index (χ3n) is 4.82. The van der Waals surface area contributed by atoms with Gasteiger partial charge in [-0.2, -0.15) is 22.1 Å². The second-order valence-electron chi connectivity index (χ2n) is 6.66. The van der Waals surface area contributed by atoms with Crippen LogP contribution in [0, 0.1) is 0 Å². The number of benzene rings is 1. The molecule has 0 unspecified atom stereocenters. The van der Waals surface area contributed by atoms with E-state index in [0.717, 1.165) is 0 Å². The molecule has 1 aliphatic rings. The van der Waals surface area contributed by atoms with Gasteiger partial charge in [0.2, 0.25) is 0 Å². The molecule has 0 aliphatic carbocycles. The molecule has 11 heteroatoms. The predicted molar refractivity (Wildman–Crippen MR) is 105 cm³/mol. The van der Waals surface area contributed by atoms with Crippen LogP contribution < -0.4 is 15.0 Å². The van der Waals surface area contributed by atoms with Crippen molar-refractivity contribution >= 4 is 21.0 Å². The third-order valence-corrected chi connectivity index (χ3v) is 6.76. The van der Waals surface area contributed by atoms with Crippen LogP contribution in [0.25, 0.3) is 10.8 Å². The van der Waals surface area contributed by atoms with E-state index in [-0.39, 0.29) is 12.2 Å². The van der Waals surface area contributed by atoms with Crippen molar-refractivity contribution in [1.82, 2.24) is 23.3 Å². The van der Waals surface area contributed by atoms with Crippen molar-refractivity contribution in [3.8, 4) is 11.5 Å². The van der Waals surface area contributed by atoms with E-state index in [9.17, 15) is 13.2 Å². The van der Waals surface area contributed by atoms with Crippen LogP contribution >= 0.6 is 0 Å². The van der Waals surface area contributed by atoms with Crippen molar-refractivity contribution in [1.29, 1.82) is 0 Å². The van der Waals surface area contributed by atoms with E-state index >= 15 is 0 Å². The second-order valence-corrected chi connectivity index (χ2v) is 8.81. The lowest BCUT2D eigenvalue weighted by Crippen LogP contribution is -2.52. The Bertz CT molecular complexity index is 1010. The lowest BCUT2D eigenvalue weighted by Gasteiger charge is -2.34. The molecule has 0 bridgehead atoms. The van der Waals surface area contributed by atoms with Crippen LogP contribution in [0.4, 0.5) is 0 Å². The molecule has 0 amide bonds. The van der Waals surface area contributed by atoms with E-state index in [4.69, 9.17) is 9.47 Å². The molecule has 1 aliphatic heterocycles. The maximum Gasteiger partial charge on any atom is 0.281 e. The van der Waals surface area contributed by atoms with Crippen molar-refractivity contribution in [3.05, 3.63) is 28.7 Å². The predicted octanol–water partition coefficient (Wildman–Crippen LogP) is -0.205. The molecule has 1 aromatic heterocycles. The van der Waals surface area contributed by atoms with Gasteiger partial charge in [-0.15, -0.1) is 0 Å². The summed E-state index contributed by atoms with van der Waals surface area (Å²) < 4.78 is 39.1. The SMILES string of the molecule is COc1ccc2cnn(CN3CCN(S(=O)(=O)N(C)C)CC3)c(=O)c2c1OC. The number of hydrogen-bond donors (Lipinski definition) is 0. The fourth-order valence-corrected chi connectivity index (χ4v) is 4.29. The smallest absolute Gasteiger partial charge is 0.281 e. The van der Waals surface area contributed by atoms with Crippen molar-refractivity contribution in [2.75, 3.05) is 54.5 Å². The Balaban J connectivity index is 1.83. The van der Waals surface area contributed by atoms with Gasteiger partial charge in [-0.25, -0.2) is 4.68 Å². The molecule has 0 N–H and O–H groups in total. The molecular weight excluding hydrogens is 386 g/mol. The maximum absolute atomic E-state index is 13.0. The Kier molecular flexibility index (Phi) is 5.89. The average molecular weight is 411 g/mol. The summed E-state index contributed by atoms with van der Waals surface area (Å²) in [4.78, 5) is 15.0. The van der Waals surface area contributed by atoms with Crippen LogP contribution in [-0.2, 0) is 16.9 Å². The van der Waals surface area contributed by atoms with Crippen molar-refractivity contribution < 1.29 is 17.9 Å². The number of piperazine rings is 1. The van der Waals surface area contributed by atoms with Gasteiger partial charge in [-0.1, -0.05) is 0 Å². The van der Waals surface area contributed by atoms with E-state index in [0.29, 0.717) is 48.5 Å². The molecule has 1 saturated heterocycles. The Hall–Kier alpha value is -2.21. The van der Waals surface area contributed by atoms with E-state index in [1.165, 1.54) is 41.6 Å². The van der Waals surface area contributed by atoms with E-state index in [2.05, 4.69) is 5.10 Å². The van der Waals surface area contributed by atoms with Gasteiger partial charge in [0.05, 0.1) is 32.5 Å². The molecule has 0 spiro atoms. The van der Waals surface area contributed by atoms with Crippen molar-refractivity contribution in [2.24, 2.45) is 0 Å². The zero-order valence-electron chi connectivity index (χ0n) is 16.5. The largest absolute Gasteiger partial charge is 0.493 e. The molecular formula is C17H25N5O5S. The summed E-state index contributed by atoms with van der Waals surface area (Å²) in [7, 11) is 2.62. The van der Waals surface area contributed by atoms with Gasteiger partial charge in [-0.3, -0.25) is 9.69 Å². The lowest BCUT2D eigenvalue weighted by molar-refractivity contribution is 0.140. The molecule has 0 atom stereocenters. The summed E-state index contributed by atoms with van der Waals surface area (Å²) in [6.45, 7) is 2.01. The number of methoxy groups -OCH3 is 2. The number of rotatable bonds is 6. The monoisotopic (exact) mass is 411 g/mol. The van der Waals surface area contributed by atoms with Crippen LogP contribution in [0.2, 0.25) is 0 Å². The second kappa shape index (κ2) is 8.03. The summed E-state index contributed by atoms with van der Waals surface area (Å²) in [5.41, 5.74) is -0.281. The third kappa shape index (κ3) is 3.70. The standard InChI is InChI=1S/C17H25N5O5S/c1-19(2)28(24,25)21-9-7-20(8-10-21)12-22-17(23)15-13(11-18-22)5-6-14(26-3)16(15)27-4/h5-6,11H,7-10,12H2,1-4H3. The van der Waals surface area contributed by atoms with E-state index in [1.54, 1.807) is 18.3 Å². The van der Waals surface area contributed by atoms with Gasteiger partial charge >= 0.3 is 0 Å². The Labute approximate surface area is 164 Å². The molecule has 0 radical (unpaired) electrons. The molecule has 2 aromatic rings. The summed E-state index contributed by atoms with van der Waals surface area (Å²) in [6, 6.07) is 3.50. The number of hydrogen-bond acceptors (Lipinski definition) is 7. The normalized spacial score (nSPS) is 16.6. The highest BCUT2D eigenvalue weighted by Gasteiger charge is 2.28. The fraction of sp³-hybridized carbons (Fsp3) is 0.529. The minimum Gasteiger partial charge on any atom is -0.493 e. The molecule has 1 fully saturated rings. The van der Waals surface area contributed by atoms with Crippen molar-refractivity contribution in [2.45, 2.75) is 6.67 Å².